The number of nitrogens with one attached hydrogen (secondary N) is 1. The van der Waals surface area contributed by atoms with Gasteiger partial charge >= 0.3 is 0 Å². The van der Waals surface area contributed by atoms with E-state index in [0.717, 1.165) is 11.4 Å². The average Bonchev–Trinajstić information content (AvgIpc) is 2.76. The predicted octanol–water partition coefficient (Wildman–Crippen LogP) is 7.64. The minimum absolute atomic E-state index is 1.09. The van der Waals surface area contributed by atoms with Crippen LogP contribution in [-0.2, 0) is 0 Å². The summed E-state index contributed by atoms with van der Waals surface area (Å²) >= 11 is 0. The maximum atomic E-state index is 3.46. The molecule has 0 unspecified atom stereocenters. The third-order valence-electron chi connectivity index (χ3n) is 5.01. The first-order chi connectivity index (χ1) is 14.2. The second kappa shape index (κ2) is 8.62. The molecule has 0 saturated carbocycles. The van der Waals surface area contributed by atoms with E-state index in [2.05, 4.69) is 128 Å². The molecule has 0 radical (unpaired) electrons. The van der Waals surface area contributed by atoms with Crippen molar-refractivity contribution in [3.8, 4) is 0 Å². The Kier molecular flexibility index (Phi) is 5.58. The van der Waals surface area contributed by atoms with E-state index in [-0.39, 0.29) is 0 Å². The van der Waals surface area contributed by atoms with Crippen LogP contribution in [0.4, 0.5) is 11.4 Å². The van der Waals surface area contributed by atoms with Crippen molar-refractivity contribution in [2.24, 2.45) is 0 Å². The molecular weight excluding hydrogens is 350 g/mol. The molecule has 0 aromatic heterocycles. The summed E-state index contributed by atoms with van der Waals surface area (Å²) in [5.74, 6) is 0. The van der Waals surface area contributed by atoms with Crippen molar-refractivity contribution in [3.63, 3.8) is 0 Å². The highest BCUT2D eigenvalue weighted by molar-refractivity contribution is 5.91. The van der Waals surface area contributed by atoms with Gasteiger partial charge in [-0.25, -0.2) is 0 Å². The minimum Gasteiger partial charge on any atom is -0.356 e. The Morgan fingerprint density at radius 2 is 1.03 bits per heavy atom. The van der Waals surface area contributed by atoms with Crippen molar-refractivity contribution in [1.29, 1.82) is 0 Å². The van der Waals surface area contributed by atoms with Crippen LogP contribution in [0.2, 0.25) is 0 Å². The lowest BCUT2D eigenvalue weighted by Gasteiger charge is -2.11. The van der Waals surface area contributed by atoms with Crippen LogP contribution in [0.25, 0.3) is 11.6 Å². The highest BCUT2D eigenvalue weighted by Crippen LogP contribution is 2.27. The van der Waals surface area contributed by atoms with Crippen LogP contribution in [0.1, 0.15) is 27.8 Å². The molecule has 0 spiro atoms. The maximum Gasteiger partial charge on any atom is 0.0384 e. The van der Waals surface area contributed by atoms with E-state index in [0.29, 0.717) is 0 Å². The van der Waals surface area contributed by atoms with Crippen molar-refractivity contribution in [2.45, 2.75) is 13.8 Å². The van der Waals surface area contributed by atoms with Crippen molar-refractivity contribution in [2.75, 3.05) is 5.32 Å². The normalized spacial score (nSPS) is 11.3. The number of benzene rings is 4. The Balaban J connectivity index is 1.63. The molecule has 4 aromatic rings. The fourth-order valence-corrected chi connectivity index (χ4v) is 3.32. The summed E-state index contributed by atoms with van der Waals surface area (Å²) in [4.78, 5) is 0. The molecule has 4 rings (SSSR count). The van der Waals surface area contributed by atoms with Crippen LogP contribution in [0.5, 0.6) is 0 Å². The predicted molar refractivity (Wildman–Crippen MR) is 125 cm³/mol. The zero-order valence-corrected chi connectivity index (χ0v) is 16.9. The second-order valence-electron chi connectivity index (χ2n) is 7.40. The van der Waals surface area contributed by atoms with Gasteiger partial charge in [-0.1, -0.05) is 90.0 Å². The van der Waals surface area contributed by atoms with Gasteiger partial charge < -0.3 is 5.32 Å². The van der Waals surface area contributed by atoms with Gasteiger partial charge in [0.05, 0.1) is 0 Å². The largest absolute Gasteiger partial charge is 0.356 e. The van der Waals surface area contributed by atoms with Gasteiger partial charge in [0.15, 0.2) is 0 Å². The van der Waals surface area contributed by atoms with Gasteiger partial charge in [0, 0.05) is 11.4 Å². The third kappa shape index (κ3) is 4.83. The average molecular weight is 376 g/mol. The van der Waals surface area contributed by atoms with Crippen LogP contribution < -0.4 is 5.32 Å². The molecular formula is C28H25N. The summed E-state index contributed by atoms with van der Waals surface area (Å²) in [6.07, 6.45) is 2.26. The summed E-state index contributed by atoms with van der Waals surface area (Å²) in [7, 11) is 0. The molecule has 0 atom stereocenters. The highest BCUT2D eigenvalue weighted by Gasteiger charge is 2.05. The molecule has 1 N–H and O–H groups in total. The summed E-state index contributed by atoms with van der Waals surface area (Å²) in [5.41, 5.74) is 9.57. The first-order valence-corrected chi connectivity index (χ1v) is 9.95. The Morgan fingerprint density at radius 1 is 0.552 bits per heavy atom. The van der Waals surface area contributed by atoms with Crippen LogP contribution in [0, 0.1) is 13.8 Å². The molecule has 29 heavy (non-hydrogen) atoms. The number of hydrogen-bond acceptors (Lipinski definition) is 1. The van der Waals surface area contributed by atoms with Crippen LogP contribution in [-0.4, -0.2) is 0 Å². The maximum absolute atomic E-state index is 3.46. The molecule has 4 aromatic carbocycles. The lowest BCUT2D eigenvalue weighted by molar-refractivity contribution is 1.45. The third-order valence-corrected chi connectivity index (χ3v) is 5.01. The Hall–Kier alpha value is -3.58. The SMILES string of the molecule is Cc1ccc(Nc2ccc(C=C(c3ccccc3)c3ccc(C)cc3)cc2)cc1. The minimum atomic E-state index is 1.09. The molecule has 0 heterocycles. The second-order valence-corrected chi connectivity index (χ2v) is 7.40. The van der Waals surface area contributed by atoms with Crippen LogP contribution in [0.3, 0.4) is 0 Å². The molecule has 0 aliphatic heterocycles. The topological polar surface area (TPSA) is 12.0 Å². The van der Waals surface area contributed by atoms with Gasteiger partial charge in [-0.2, -0.15) is 0 Å². The molecule has 0 bridgehead atoms. The van der Waals surface area contributed by atoms with Gasteiger partial charge in [0.2, 0.25) is 0 Å². The zero-order chi connectivity index (χ0) is 20.1. The van der Waals surface area contributed by atoms with E-state index in [1.807, 2.05) is 0 Å². The number of anilines is 2. The van der Waals surface area contributed by atoms with Crippen molar-refractivity contribution in [1.82, 2.24) is 0 Å². The van der Waals surface area contributed by atoms with E-state index in [1.165, 1.54) is 33.4 Å². The van der Waals surface area contributed by atoms with Crippen LogP contribution >= 0.6 is 0 Å². The fourth-order valence-electron chi connectivity index (χ4n) is 3.32. The summed E-state index contributed by atoms with van der Waals surface area (Å²) in [5, 5.41) is 3.46. The van der Waals surface area contributed by atoms with E-state index in [1.54, 1.807) is 0 Å². The lowest BCUT2D eigenvalue weighted by Crippen LogP contribution is -1.91. The molecule has 0 fully saturated rings. The highest BCUT2D eigenvalue weighted by atomic mass is 14.9. The first kappa shape index (κ1) is 18.8. The van der Waals surface area contributed by atoms with Crippen LogP contribution in [0.15, 0.2) is 103 Å². The summed E-state index contributed by atoms with van der Waals surface area (Å²) in [6, 6.07) is 36.3. The summed E-state index contributed by atoms with van der Waals surface area (Å²) < 4.78 is 0. The Morgan fingerprint density at radius 3 is 1.62 bits per heavy atom. The molecule has 142 valence electrons. The standard InChI is InChI=1S/C28H25N/c1-21-8-14-25(15-9-21)28(24-6-4-3-5-7-24)20-23-12-18-27(19-13-23)29-26-16-10-22(2)11-17-26/h3-20,29H,1-2H3. The van der Waals surface area contributed by atoms with E-state index in [9.17, 15) is 0 Å². The lowest BCUT2D eigenvalue weighted by atomic mass is 9.95. The molecule has 0 aliphatic carbocycles. The zero-order valence-electron chi connectivity index (χ0n) is 16.9. The van der Waals surface area contributed by atoms with Crippen molar-refractivity contribution in [3.05, 3.63) is 131 Å². The molecule has 0 aliphatic rings. The fraction of sp³-hybridized carbons (Fsp3) is 0.0714. The Labute approximate surface area is 173 Å². The van der Waals surface area contributed by atoms with Gasteiger partial charge in [-0.15, -0.1) is 0 Å². The first-order valence-electron chi connectivity index (χ1n) is 9.95. The quantitative estimate of drug-likeness (QED) is 0.353. The van der Waals surface area contributed by atoms with Gasteiger partial charge in [0.25, 0.3) is 0 Å². The molecule has 1 nitrogen and oxygen atoms in total. The number of hydrogen-bond donors (Lipinski definition) is 1. The van der Waals surface area contributed by atoms with E-state index in [4.69, 9.17) is 0 Å². The van der Waals surface area contributed by atoms with Gasteiger partial charge in [0.1, 0.15) is 0 Å². The number of rotatable bonds is 5. The molecule has 0 saturated heterocycles. The smallest absolute Gasteiger partial charge is 0.0384 e. The molecule has 1 heteroatoms. The van der Waals surface area contributed by atoms with Crippen molar-refractivity contribution >= 4 is 23.0 Å². The Bertz CT molecular complexity index is 1090. The summed E-state index contributed by atoms with van der Waals surface area (Å²) in [6.45, 7) is 4.22. The van der Waals surface area contributed by atoms with Gasteiger partial charge in [-0.05, 0) is 66.5 Å². The van der Waals surface area contributed by atoms with Gasteiger partial charge in [-0.3, -0.25) is 0 Å². The van der Waals surface area contributed by atoms with E-state index >= 15 is 0 Å². The number of aryl methyl sites for hydroxylation is 2. The monoisotopic (exact) mass is 375 g/mol. The van der Waals surface area contributed by atoms with E-state index < -0.39 is 0 Å². The molecule has 0 amide bonds. The van der Waals surface area contributed by atoms with Crippen molar-refractivity contribution < 1.29 is 0 Å².